The van der Waals surface area contributed by atoms with E-state index in [1.807, 2.05) is 0 Å². The van der Waals surface area contributed by atoms with E-state index in [0.29, 0.717) is 0 Å². The van der Waals surface area contributed by atoms with Gasteiger partial charge in [0.2, 0.25) is 0 Å². The molecule has 0 radical (unpaired) electrons. The van der Waals surface area contributed by atoms with E-state index in [2.05, 4.69) is 147 Å². The van der Waals surface area contributed by atoms with E-state index in [4.69, 9.17) is 0 Å². The number of fused-ring (bicyclic) bond motifs is 5. The van der Waals surface area contributed by atoms with Gasteiger partial charge in [-0.3, -0.25) is 0 Å². The lowest BCUT2D eigenvalue weighted by molar-refractivity contribution is 0.660. The predicted octanol–water partition coefficient (Wildman–Crippen LogP) is 12.9. The molecule has 1 nitrogen and oxygen atoms in total. The summed E-state index contributed by atoms with van der Waals surface area (Å²) >= 11 is 0. The first-order chi connectivity index (χ1) is 24.0. The summed E-state index contributed by atoms with van der Waals surface area (Å²) in [6.45, 7) is 7.14. The fourth-order valence-electron chi connectivity index (χ4n) is 9.06. The van der Waals surface area contributed by atoms with Gasteiger partial charge in [-0.25, -0.2) is 0 Å². The second-order valence-corrected chi connectivity index (χ2v) is 15.1. The summed E-state index contributed by atoms with van der Waals surface area (Å²) in [5.41, 5.74) is 21.8. The van der Waals surface area contributed by atoms with Crippen LogP contribution < -0.4 is 4.90 Å². The van der Waals surface area contributed by atoms with Gasteiger partial charge >= 0.3 is 0 Å². The highest BCUT2D eigenvalue weighted by molar-refractivity contribution is 5.95. The van der Waals surface area contributed by atoms with E-state index in [9.17, 15) is 0 Å². The second kappa shape index (κ2) is 11.9. The molecule has 1 heteroatoms. The van der Waals surface area contributed by atoms with E-state index in [1.165, 1.54) is 129 Å². The summed E-state index contributed by atoms with van der Waals surface area (Å²) in [4.78, 5) is 2.57. The molecular formula is C48H45N. The second-order valence-electron chi connectivity index (χ2n) is 15.1. The quantitative estimate of drug-likeness (QED) is 0.182. The Labute approximate surface area is 292 Å². The maximum absolute atomic E-state index is 2.57. The van der Waals surface area contributed by atoms with E-state index >= 15 is 0 Å². The van der Waals surface area contributed by atoms with Gasteiger partial charge in [0.05, 0.1) is 5.69 Å². The highest BCUT2D eigenvalue weighted by Crippen LogP contribution is 2.54. The Hall–Kier alpha value is -4.88. The van der Waals surface area contributed by atoms with Crippen molar-refractivity contribution in [2.75, 3.05) is 4.90 Å². The third-order valence-corrected chi connectivity index (χ3v) is 11.7. The summed E-state index contributed by atoms with van der Waals surface area (Å²) in [5.74, 6) is 0. The third-order valence-electron chi connectivity index (χ3n) is 11.7. The zero-order valence-electron chi connectivity index (χ0n) is 29.2. The molecule has 3 aliphatic carbocycles. The van der Waals surface area contributed by atoms with Gasteiger partial charge < -0.3 is 4.90 Å². The standard InChI is InChI=1S/C48H45N/c1-32-27-36-16-9-10-18-38(36)29-42(32)44-30-43-41-19-11-12-20-45(41)48(2,3)46(43)31-47(44)49(40-26-23-34-15-7-8-17-37(34)28-40)39-24-21-35(22-25-39)33-13-5-4-6-14-33/h4-6,11-14,19-31H,7-10,15-18H2,1-3H3. The Morgan fingerprint density at radius 3 is 1.82 bits per heavy atom. The van der Waals surface area contributed by atoms with Gasteiger partial charge in [-0.15, -0.1) is 0 Å². The Kier molecular flexibility index (Phi) is 7.34. The highest BCUT2D eigenvalue weighted by atomic mass is 15.1. The van der Waals surface area contributed by atoms with Crippen molar-refractivity contribution in [3.63, 3.8) is 0 Å². The SMILES string of the molecule is Cc1cc2c(cc1-c1cc3c(cc1N(c1ccc(-c4ccccc4)cc1)c1ccc4c(c1)CCCC4)C(C)(C)c1ccccc1-3)CCCC2. The van der Waals surface area contributed by atoms with Crippen molar-refractivity contribution in [1.82, 2.24) is 0 Å². The number of rotatable bonds is 5. The van der Waals surface area contributed by atoms with Gasteiger partial charge in [-0.1, -0.05) is 98.8 Å². The highest BCUT2D eigenvalue weighted by Gasteiger charge is 2.37. The molecule has 3 aliphatic rings. The van der Waals surface area contributed by atoms with E-state index in [1.54, 1.807) is 5.56 Å². The molecule has 0 saturated carbocycles. The molecule has 0 atom stereocenters. The van der Waals surface area contributed by atoms with Gasteiger partial charge in [0.1, 0.15) is 0 Å². The van der Waals surface area contributed by atoms with Crippen LogP contribution in [0, 0.1) is 6.92 Å². The lowest BCUT2D eigenvalue weighted by Crippen LogP contribution is -2.17. The lowest BCUT2D eigenvalue weighted by Gasteiger charge is -2.32. The van der Waals surface area contributed by atoms with Crippen molar-refractivity contribution in [2.24, 2.45) is 0 Å². The van der Waals surface area contributed by atoms with Crippen LogP contribution in [-0.2, 0) is 31.1 Å². The minimum Gasteiger partial charge on any atom is -0.310 e. The van der Waals surface area contributed by atoms with Gasteiger partial charge in [0, 0.05) is 22.4 Å². The summed E-state index contributed by atoms with van der Waals surface area (Å²) in [6.07, 6.45) is 9.86. The zero-order chi connectivity index (χ0) is 33.1. The number of nitrogens with zero attached hydrogens (tertiary/aromatic N) is 1. The molecule has 6 aromatic carbocycles. The molecule has 9 rings (SSSR count). The van der Waals surface area contributed by atoms with Crippen molar-refractivity contribution in [2.45, 2.75) is 77.6 Å². The maximum Gasteiger partial charge on any atom is 0.0543 e. The van der Waals surface area contributed by atoms with Gasteiger partial charge in [0.15, 0.2) is 0 Å². The van der Waals surface area contributed by atoms with Gasteiger partial charge in [-0.2, -0.15) is 0 Å². The van der Waals surface area contributed by atoms with Crippen molar-refractivity contribution >= 4 is 17.1 Å². The summed E-state index contributed by atoms with van der Waals surface area (Å²) in [6, 6.07) is 46.5. The maximum atomic E-state index is 2.57. The van der Waals surface area contributed by atoms with Crippen molar-refractivity contribution < 1.29 is 0 Å². The first kappa shape index (κ1) is 30.2. The van der Waals surface area contributed by atoms with E-state index in [0.717, 1.165) is 6.42 Å². The van der Waals surface area contributed by atoms with Crippen molar-refractivity contribution in [1.29, 1.82) is 0 Å². The number of hydrogen-bond acceptors (Lipinski definition) is 1. The molecule has 0 aromatic heterocycles. The van der Waals surface area contributed by atoms with Crippen LogP contribution in [-0.4, -0.2) is 0 Å². The number of hydrogen-bond donors (Lipinski definition) is 0. The predicted molar refractivity (Wildman–Crippen MR) is 208 cm³/mol. The number of aryl methyl sites for hydroxylation is 5. The van der Waals surface area contributed by atoms with Crippen LogP contribution in [0.4, 0.5) is 17.1 Å². The van der Waals surface area contributed by atoms with Crippen LogP contribution in [0.1, 0.15) is 78.5 Å². The number of benzene rings is 6. The van der Waals surface area contributed by atoms with Crippen LogP contribution in [0.15, 0.2) is 121 Å². The Balaban J connectivity index is 1.31. The fourth-order valence-corrected chi connectivity index (χ4v) is 9.06. The molecule has 49 heavy (non-hydrogen) atoms. The third kappa shape index (κ3) is 5.14. The minimum atomic E-state index is -0.0945. The smallest absolute Gasteiger partial charge is 0.0543 e. The average Bonchev–Trinajstić information content (AvgIpc) is 3.37. The zero-order valence-corrected chi connectivity index (χ0v) is 29.2. The van der Waals surface area contributed by atoms with Crippen LogP contribution in [0.2, 0.25) is 0 Å². The monoisotopic (exact) mass is 635 g/mol. The summed E-state index contributed by atoms with van der Waals surface area (Å²) < 4.78 is 0. The average molecular weight is 636 g/mol. The molecule has 0 N–H and O–H groups in total. The topological polar surface area (TPSA) is 3.24 Å². The van der Waals surface area contributed by atoms with Gasteiger partial charge in [-0.05, 0) is 161 Å². The molecule has 0 aliphatic heterocycles. The molecular weight excluding hydrogens is 591 g/mol. The molecule has 0 fully saturated rings. The normalized spacial score (nSPS) is 15.6. The molecule has 0 unspecified atom stereocenters. The molecule has 242 valence electrons. The largest absolute Gasteiger partial charge is 0.310 e. The Bertz CT molecular complexity index is 2200. The summed E-state index contributed by atoms with van der Waals surface area (Å²) in [5, 5.41) is 0. The minimum absolute atomic E-state index is 0.0945. The lowest BCUT2D eigenvalue weighted by atomic mass is 9.81. The van der Waals surface area contributed by atoms with Crippen LogP contribution >= 0.6 is 0 Å². The molecule has 0 spiro atoms. The first-order valence-corrected chi connectivity index (χ1v) is 18.4. The van der Waals surface area contributed by atoms with Crippen LogP contribution in [0.25, 0.3) is 33.4 Å². The Morgan fingerprint density at radius 2 is 1.06 bits per heavy atom. The van der Waals surface area contributed by atoms with Gasteiger partial charge in [0.25, 0.3) is 0 Å². The van der Waals surface area contributed by atoms with E-state index < -0.39 is 0 Å². The molecule has 0 heterocycles. The first-order valence-electron chi connectivity index (χ1n) is 18.4. The van der Waals surface area contributed by atoms with Crippen molar-refractivity contribution in [3.05, 3.63) is 160 Å². The van der Waals surface area contributed by atoms with Crippen molar-refractivity contribution in [3.8, 4) is 33.4 Å². The molecule has 0 saturated heterocycles. The fraction of sp³-hybridized carbons (Fsp3) is 0.250. The Morgan fingerprint density at radius 1 is 0.449 bits per heavy atom. The molecule has 0 bridgehead atoms. The van der Waals surface area contributed by atoms with E-state index in [-0.39, 0.29) is 5.41 Å². The number of anilines is 3. The molecule has 0 amide bonds. The summed E-state index contributed by atoms with van der Waals surface area (Å²) in [7, 11) is 0. The van der Waals surface area contributed by atoms with Crippen LogP contribution in [0.3, 0.4) is 0 Å². The molecule has 6 aromatic rings. The van der Waals surface area contributed by atoms with Crippen LogP contribution in [0.5, 0.6) is 0 Å².